The third-order valence-corrected chi connectivity index (χ3v) is 4.04. The summed E-state index contributed by atoms with van der Waals surface area (Å²) in [6.45, 7) is 0. The van der Waals surface area contributed by atoms with Crippen molar-refractivity contribution in [2.45, 2.75) is 44.6 Å². The largest absolute Gasteiger partial charge is 0.367 e. The van der Waals surface area contributed by atoms with E-state index in [1.807, 2.05) is 36.4 Å². The predicted octanol–water partition coefficient (Wildman–Crippen LogP) is 3.57. The molecule has 1 heterocycles. The maximum Gasteiger partial charge on any atom is 0.347 e. The van der Waals surface area contributed by atoms with Crippen molar-refractivity contribution in [1.82, 2.24) is 9.97 Å². The van der Waals surface area contributed by atoms with Gasteiger partial charge >= 0.3 is 5.69 Å². The molecule has 0 spiro atoms. The number of H-pyrrole nitrogens is 1. The van der Waals surface area contributed by atoms with Crippen LogP contribution in [0.4, 0.5) is 5.82 Å². The van der Waals surface area contributed by atoms with Crippen LogP contribution in [0, 0.1) is 0 Å². The fourth-order valence-electron chi connectivity index (χ4n) is 2.94. The van der Waals surface area contributed by atoms with Crippen LogP contribution in [0.15, 0.2) is 41.2 Å². The summed E-state index contributed by atoms with van der Waals surface area (Å²) >= 11 is 0. The lowest BCUT2D eigenvalue weighted by Gasteiger charge is -2.17. The van der Waals surface area contributed by atoms with Crippen LogP contribution < -0.4 is 11.0 Å². The molecule has 0 unspecified atom stereocenters. The first-order chi connectivity index (χ1) is 10.3. The Morgan fingerprint density at radius 3 is 2.48 bits per heavy atom. The lowest BCUT2D eigenvalue weighted by molar-refractivity contribution is 0.617. The van der Waals surface area contributed by atoms with Crippen LogP contribution in [-0.2, 0) is 0 Å². The Labute approximate surface area is 124 Å². The van der Waals surface area contributed by atoms with E-state index in [0.29, 0.717) is 11.9 Å². The highest BCUT2D eigenvalue weighted by molar-refractivity contribution is 5.61. The summed E-state index contributed by atoms with van der Waals surface area (Å²) in [7, 11) is 0. The topological polar surface area (TPSA) is 57.8 Å². The quantitative estimate of drug-likeness (QED) is 0.847. The molecule has 1 fully saturated rings. The standard InChI is InChI=1S/C17H21N3O/c21-17-19-15(13-8-4-3-5-9-13)12-16(20-17)18-14-10-6-1-2-7-11-14/h3-5,8-9,12,14H,1-2,6-7,10-11H2,(H2,18,19,20,21). The minimum atomic E-state index is -0.299. The molecule has 0 radical (unpaired) electrons. The van der Waals surface area contributed by atoms with Crippen LogP contribution in [0.5, 0.6) is 0 Å². The van der Waals surface area contributed by atoms with Gasteiger partial charge in [0.15, 0.2) is 0 Å². The zero-order valence-corrected chi connectivity index (χ0v) is 12.1. The molecular weight excluding hydrogens is 262 g/mol. The Hall–Kier alpha value is -2.10. The van der Waals surface area contributed by atoms with E-state index in [2.05, 4.69) is 15.3 Å². The van der Waals surface area contributed by atoms with Gasteiger partial charge in [0, 0.05) is 12.1 Å². The average Bonchev–Trinajstić information content (AvgIpc) is 2.76. The molecule has 1 aliphatic rings. The molecule has 0 atom stereocenters. The number of aromatic nitrogens is 2. The van der Waals surface area contributed by atoms with Crippen molar-refractivity contribution in [3.05, 3.63) is 46.9 Å². The average molecular weight is 283 g/mol. The van der Waals surface area contributed by atoms with Crippen molar-refractivity contribution in [2.24, 2.45) is 0 Å². The number of hydrogen-bond donors (Lipinski definition) is 2. The summed E-state index contributed by atoms with van der Waals surface area (Å²) in [6, 6.07) is 12.2. The summed E-state index contributed by atoms with van der Waals surface area (Å²) in [5.41, 5.74) is 1.51. The van der Waals surface area contributed by atoms with E-state index in [9.17, 15) is 4.79 Å². The Morgan fingerprint density at radius 2 is 1.76 bits per heavy atom. The minimum Gasteiger partial charge on any atom is -0.367 e. The number of nitrogens with one attached hydrogen (secondary N) is 2. The Morgan fingerprint density at radius 1 is 1.05 bits per heavy atom. The third-order valence-electron chi connectivity index (χ3n) is 4.04. The van der Waals surface area contributed by atoms with Crippen molar-refractivity contribution in [2.75, 3.05) is 5.32 Å². The summed E-state index contributed by atoms with van der Waals surface area (Å²) in [5, 5.41) is 3.44. The van der Waals surface area contributed by atoms with Crippen LogP contribution in [-0.4, -0.2) is 16.0 Å². The molecule has 1 aromatic carbocycles. The van der Waals surface area contributed by atoms with Gasteiger partial charge in [0.2, 0.25) is 0 Å². The monoisotopic (exact) mass is 283 g/mol. The zero-order valence-electron chi connectivity index (χ0n) is 12.1. The number of rotatable bonds is 3. The van der Waals surface area contributed by atoms with Gasteiger partial charge in [0.1, 0.15) is 5.82 Å². The van der Waals surface area contributed by atoms with Gasteiger partial charge in [-0.15, -0.1) is 0 Å². The van der Waals surface area contributed by atoms with E-state index >= 15 is 0 Å². The summed E-state index contributed by atoms with van der Waals surface area (Å²) in [5.74, 6) is 0.685. The van der Waals surface area contributed by atoms with E-state index in [-0.39, 0.29) is 5.69 Å². The van der Waals surface area contributed by atoms with Gasteiger partial charge in [-0.1, -0.05) is 56.0 Å². The Kier molecular flexibility index (Phi) is 4.34. The van der Waals surface area contributed by atoms with Gasteiger partial charge in [0.25, 0.3) is 0 Å². The lowest BCUT2D eigenvalue weighted by Crippen LogP contribution is -2.22. The van der Waals surface area contributed by atoms with Crippen molar-refractivity contribution in [3.63, 3.8) is 0 Å². The SMILES string of the molecule is O=c1nc(NC2CCCCCC2)cc(-c2ccccc2)[nH]1. The van der Waals surface area contributed by atoms with Crippen molar-refractivity contribution in [3.8, 4) is 11.3 Å². The van der Waals surface area contributed by atoms with Gasteiger partial charge in [-0.05, 0) is 18.4 Å². The molecule has 1 aromatic heterocycles. The number of hydrogen-bond acceptors (Lipinski definition) is 3. The maximum atomic E-state index is 11.8. The van der Waals surface area contributed by atoms with Crippen LogP contribution in [0.3, 0.4) is 0 Å². The molecule has 2 N–H and O–H groups in total. The molecule has 110 valence electrons. The normalized spacial score (nSPS) is 16.4. The highest BCUT2D eigenvalue weighted by Gasteiger charge is 2.13. The Bertz CT molecular complexity index is 628. The Balaban J connectivity index is 1.82. The van der Waals surface area contributed by atoms with Crippen molar-refractivity contribution < 1.29 is 0 Å². The fraction of sp³-hybridized carbons (Fsp3) is 0.412. The molecule has 3 rings (SSSR count). The van der Waals surface area contributed by atoms with Gasteiger partial charge < -0.3 is 10.3 Å². The van der Waals surface area contributed by atoms with E-state index in [1.54, 1.807) is 0 Å². The second-order valence-corrected chi connectivity index (χ2v) is 5.68. The molecular formula is C17H21N3O. The van der Waals surface area contributed by atoms with Crippen LogP contribution in [0.25, 0.3) is 11.3 Å². The van der Waals surface area contributed by atoms with E-state index in [0.717, 1.165) is 24.1 Å². The van der Waals surface area contributed by atoms with E-state index in [4.69, 9.17) is 0 Å². The highest BCUT2D eigenvalue weighted by Crippen LogP contribution is 2.22. The first-order valence-electron chi connectivity index (χ1n) is 7.74. The third kappa shape index (κ3) is 3.72. The molecule has 21 heavy (non-hydrogen) atoms. The smallest absolute Gasteiger partial charge is 0.347 e. The van der Waals surface area contributed by atoms with Crippen molar-refractivity contribution in [1.29, 1.82) is 0 Å². The molecule has 0 aliphatic heterocycles. The van der Waals surface area contributed by atoms with Gasteiger partial charge in [-0.3, -0.25) is 0 Å². The van der Waals surface area contributed by atoms with Gasteiger partial charge in [0.05, 0.1) is 5.69 Å². The van der Waals surface area contributed by atoms with Crippen LogP contribution >= 0.6 is 0 Å². The second-order valence-electron chi connectivity index (χ2n) is 5.68. The zero-order chi connectivity index (χ0) is 14.5. The van der Waals surface area contributed by atoms with Gasteiger partial charge in [-0.2, -0.15) is 4.98 Å². The summed E-state index contributed by atoms with van der Waals surface area (Å²) < 4.78 is 0. The van der Waals surface area contributed by atoms with E-state index in [1.165, 1.54) is 25.7 Å². The van der Waals surface area contributed by atoms with E-state index < -0.39 is 0 Å². The minimum absolute atomic E-state index is 0.299. The predicted molar refractivity (Wildman–Crippen MR) is 85.4 cm³/mol. The molecule has 4 nitrogen and oxygen atoms in total. The van der Waals surface area contributed by atoms with Crippen LogP contribution in [0.2, 0.25) is 0 Å². The first-order valence-corrected chi connectivity index (χ1v) is 7.74. The number of anilines is 1. The van der Waals surface area contributed by atoms with Crippen LogP contribution in [0.1, 0.15) is 38.5 Å². The summed E-state index contributed by atoms with van der Waals surface area (Å²) in [4.78, 5) is 18.7. The second kappa shape index (κ2) is 6.57. The highest BCUT2D eigenvalue weighted by atomic mass is 16.1. The molecule has 2 aromatic rings. The van der Waals surface area contributed by atoms with Gasteiger partial charge in [-0.25, -0.2) is 4.79 Å². The van der Waals surface area contributed by atoms with Crippen molar-refractivity contribution >= 4 is 5.82 Å². The molecule has 0 saturated heterocycles. The number of nitrogens with zero attached hydrogens (tertiary/aromatic N) is 1. The number of benzene rings is 1. The molecule has 0 amide bonds. The molecule has 1 aliphatic carbocycles. The fourth-order valence-corrected chi connectivity index (χ4v) is 2.94. The number of aromatic amines is 1. The lowest BCUT2D eigenvalue weighted by atomic mass is 10.1. The first kappa shape index (κ1) is 13.9. The molecule has 1 saturated carbocycles. The molecule has 4 heteroatoms. The maximum absolute atomic E-state index is 11.8. The molecule has 0 bridgehead atoms. The summed E-state index contributed by atoms with van der Waals surface area (Å²) in [6.07, 6.45) is 7.47.